The normalized spacial score (nSPS) is 13.6. The van der Waals surface area contributed by atoms with Crippen molar-refractivity contribution < 1.29 is 18.4 Å². The minimum atomic E-state index is -1.02. The van der Waals surface area contributed by atoms with Gasteiger partial charge in [-0.3, -0.25) is 19.0 Å². The number of rotatable bonds is 7. The van der Waals surface area contributed by atoms with Crippen molar-refractivity contribution in [2.45, 2.75) is 6.54 Å². The average Bonchev–Trinajstić information content (AvgIpc) is 3.53. The summed E-state index contributed by atoms with van der Waals surface area (Å²) in [4.78, 5) is 44.7. The second-order valence-electron chi connectivity index (χ2n) is 8.54. The van der Waals surface area contributed by atoms with Gasteiger partial charge in [0.1, 0.15) is 5.56 Å². The number of anilines is 1. The molecule has 0 saturated carbocycles. The molecule has 0 saturated heterocycles. The fourth-order valence-corrected chi connectivity index (χ4v) is 4.04. The zero-order valence-electron chi connectivity index (χ0n) is 19.9. The molecule has 1 aliphatic heterocycles. The summed E-state index contributed by atoms with van der Waals surface area (Å²) in [5, 5.41) is 5.49. The Labute approximate surface area is 215 Å². The van der Waals surface area contributed by atoms with Crippen LogP contribution in [0.3, 0.4) is 0 Å². The molecule has 0 radical (unpaired) electrons. The van der Waals surface area contributed by atoms with E-state index in [1.165, 1.54) is 12.4 Å². The first-order valence-electron chi connectivity index (χ1n) is 11.6. The molecular weight excluding hydrogens is 492 g/mol. The molecule has 190 valence electrons. The number of H-pyrrole nitrogens is 1. The van der Waals surface area contributed by atoms with Gasteiger partial charge in [0, 0.05) is 35.9 Å². The van der Waals surface area contributed by atoms with Gasteiger partial charge in [0.15, 0.2) is 11.6 Å². The average molecular weight is 514 g/mol. The summed E-state index contributed by atoms with van der Waals surface area (Å²) in [6, 6.07) is 12.6. The van der Waals surface area contributed by atoms with E-state index in [0.29, 0.717) is 16.8 Å². The maximum Gasteiger partial charge on any atom is 0.266 e. The minimum Gasteiger partial charge on any atom is -0.362 e. The zero-order valence-corrected chi connectivity index (χ0v) is 19.9. The zero-order chi connectivity index (χ0) is 26.6. The Balaban J connectivity index is 1.22. The Bertz CT molecular complexity index is 1660. The van der Waals surface area contributed by atoms with E-state index in [4.69, 9.17) is 0 Å². The van der Waals surface area contributed by atoms with Gasteiger partial charge in [0.2, 0.25) is 0 Å². The van der Waals surface area contributed by atoms with Crippen LogP contribution in [-0.2, 0) is 11.3 Å². The van der Waals surface area contributed by atoms with Crippen molar-refractivity contribution in [2.75, 3.05) is 11.9 Å². The lowest BCUT2D eigenvalue weighted by molar-refractivity contribution is -0.110. The summed E-state index contributed by atoms with van der Waals surface area (Å²) in [5.74, 6) is -2.82. The number of fused-ring (bicyclic) bond motifs is 1. The maximum absolute atomic E-state index is 13.5. The molecule has 3 heterocycles. The van der Waals surface area contributed by atoms with E-state index in [1.54, 1.807) is 24.4 Å². The fourth-order valence-electron chi connectivity index (χ4n) is 4.04. The van der Waals surface area contributed by atoms with E-state index in [1.807, 2.05) is 30.3 Å². The van der Waals surface area contributed by atoms with Crippen molar-refractivity contribution in [2.24, 2.45) is 0 Å². The lowest BCUT2D eigenvalue weighted by Crippen LogP contribution is -2.33. The summed E-state index contributed by atoms with van der Waals surface area (Å²) in [5.41, 5.74) is 3.26. The third kappa shape index (κ3) is 5.19. The van der Waals surface area contributed by atoms with Crippen LogP contribution in [0, 0.1) is 11.6 Å². The van der Waals surface area contributed by atoms with Crippen molar-refractivity contribution in [3.63, 3.8) is 0 Å². The standard InChI is InChI=1S/C28H21F2N5O3/c29-23-8-6-18(11-24(23)30)15-35-16-31-14-22(28(35)38)26(36)33-10-1-3-17-5-7-20-21(13-19-4-2-9-32-19)27(37)34-25(20)12-17/h1-9,11-14,16,32H,10,15H2,(H,33,36)(H,34,37)/b3-1+,21-13?. The van der Waals surface area contributed by atoms with Crippen LogP contribution < -0.4 is 16.2 Å². The Hall–Kier alpha value is -5.12. The van der Waals surface area contributed by atoms with Gasteiger partial charge in [-0.2, -0.15) is 0 Å². The van der Waals surface area contributed by atoms with Crippen molar-refractivity contribution in [3.8, 4) is 0 Å². The number of benzene rings is 2. The molecule has 0 aliphatic carbocycles. The lowest BCUT2D eigenvalue weighted by Gasteiger charge is -2.08. The number of carbonyl (C=O) groups excluding carboxylic acids is 2. The van der Waals surface area contributed by atoms with Crippen LogP contribution in [0.5, 0.6) is 0 Å². The van der Waals surface area contributed by atoms with Crippen molar-refractivity contribution in [3.05, 3.63) is 123 Å². The molecule has 0 fully saturated rings. The number of amides is 2. The number of aromatic nitrogens is 3. The van der Waals surface area contributed by atoms with Crippen molar-refractivity contribution >= 4 is 35.2 Å². The Morgan fingerprint density at radius 2 is 1.95 bits per heavy atom. The van der Waals surface area contributed by atoms with Crippen LogP contribution in [0.1, 0.15) is 32.7 Å². The minimum absolute atomic E-state index is 0.0686. The number of hydrogen-bond donors (Lipinski definition) is 3. The van der Waals surface area contributed by atoms with Gasteiger partial charge in [0.05, 0.1) is 18.4 Å². The van der Waals surface area contributed by atoms with Crippen LogP contribution >= 0.6 is 0 Å². The molecule has 3 N–H and O–H groups in total. The van der Waals surface area contributed by atoms with E-state index in [-0.39, 0.29) is 24.6 Å². The largest absolute Gasteiger partial charge is 0.362 e. The smallest absolute Gasteiger partial charge is 0.266 e. The number of hydrogen-bond acceptors (Lipinski definition) is 4. The van der Waals surface area contributed by atoms with E-state index in [2.05, 4.69) is 20.6 Å². The van der Waals surface area contributed by atoms with Gasteiger partial charge >= 0.3 is 0 Å². The van der Waals surface area contributed by atoms with Crippen molar-refractivity contribution in [1.82, 2.24) is 19.9 Å². The highest BCUT2D eigenvalue weighted by Gasteiger charge is 2.24. The summed E-state index contributed by atoms with van der Waals surface area (Å²) >= 11 is 0. The summed E-state index contributed by atoms with van der Waals surface area (Å²) in [6.45, 7) is 0.0680. The summed E-state index contributed by atoms with van der Waals surface area (Å²) in [7, 11) is 0. The molecule has 1 aliphatic rings. The van der Waals surface area contributed by atoms with Gasteiger partial charge < -0.3 is 15.6 Å². The second-order valence-corrected chi connectivity index (χ2v) is 8.54. The molecule has 0 bridgehead atoms. The van der Waals surface area contributed by atoms with E-state index in [9.17, 15) is 23.2 Å². The van der Waals surface area contributed by atoms with Gasteiger partial charge in [-0.25, -0.2) is 13.8 Å². The molecule has 2 aromatic heterocycles. The first kappa shape index (κ1) is 24.6. The second kappa shape index (κ2) is 10.5. The van der Waals surface area contributed by atoms with Crippen LogP contribution in [0.4, 0.5) is 14.5 Å². The molecule has 4 aromatic rings. The van der Waals surface area contributed by atoms with Crippen LogP contribution in [0.2, 0.25) is 0 Å². The fraction of sp³-hybridized carbons (Fsp3) is 0.0714. The molecule has 38 heavy (non-hydrogen) atoms. The van der Waals surface area contributed by atoms with Crippen LogP contribution in [-0.4, -0.2) is 32.9 Å². The number of aromatic amines is 1. The van der Waals surface area contributed by atoms with Gasteiger partial charge in [-0.1, -0.05) is 30.4 Å². The highest BCUT2D eigenvalue weighted by Crippen LogP contribution is 2.33. The lowest BCUT2D eigenvalue weighted by atomic mass is 10.0. The predicted molar refractivity (Wildman–Crippen MR) is 139 cm³/mol. The first-order chi connectivity index (χ1) is 18.4. The van der Waals surface area contributed by atoms with Gasteiger partial charge in [-0.15, -0.1) is 0 Å². The number of carbonyl (C=O) groups is 2. The van der Waals surface area contributed by atoms with E-state index < -0.39 is 23.1 Å². The highest BCUT2D eigenvalue weighted by molar-refractivity contribution is 6.34. The van der Waals surface area contributed by atoms with Gasteiger partial charge in [-0.05, 0) is 47.5 Å². The van der Waals surface area contributed by atoms with Crippen LogP contribution in [0.15, 0.2) is 78.1 Å². The first-order valence-corrected chi connectivity index (χ1v) is 11.6. The molecular formula is C28H21F2N5O3. The number of nitrogens with zero attached hydrogens (tertiary/aromatic N) is 2. The SMILES string of the molecule is O=C1Nc2cc(/C=C/CNC(=O)c3cncn(Cc4ccc(F)c(F)c4)c3=O)ccc2C1=Cc1ccc[nH]1. The third-order valence-corrected chi connectivity index (χ3v) is 5.92. The molecule has 0 unspecified atom stereocenters. The number of halogens is 2. The Morgan fingerprint density at radius 1 is 1.08 bits per heavy atom. The monoisotopic (exact) mass is 513 g/mol. The van der Waals surface area contributed by atoms with Gasteiger partial charge in [0.25, 0.3) is 17.4 Å². The topological polar surface area (TPSA) is 109 Å². The number of nitrogens with one attached hydrogen (secondary N) is 3. The Morgan fingerprint density at radius 3 is 2.74 bits per heavy atom. The maximum atomic E-state index is 13.5. The van der Waals surface area contributed by atoms with E-state index >= 15 is 0 Å². The Kier molecular flexibility index (Phi) is 6.77. The molecule has 0 spiro atoms. The predicted octanol–water partition coefficient (Wildman–Crippen LogP) is 3.83. The molecule has 2 amide bonds. The molecule has 5 rings (SSSR count). The summed E-state index contributed by atoms with van der Waals surface area (Å²) in [6.07, 6.45) is 9.45. The van der Waals surface area contributed by atoms with E-state index in [0.717, 1.165) is 39.7 Å². The molecule has 0 atom stereocenters. The quantitative estimate of drug-likeness (QED) is 0.326. The third-order valence-electron chi connectivity index (χ3n) is 5.92. The molecule has 8 nitrogen and oxygen atoms in total. The van der Waals surface area contributed by atoms with Crippen molar-refractivity contribution in [1.29, 1.82) is 0 Å². The molecule has 10 heteroatoms. The van der Waals surface area contributed by atoms with Crippen LogP contribution in [0.25, 0.3) is 17.7 Å². The molecule has 2 aromatic carbocycles. The summed E-state index contributed by atoms with van der Waals surface area (Å²) < 4.78 is 27.8. The highest BCUT2D eigenvalue weighted by atomic mass is 19.2.